The number of ether oxygens (including phenoxy) is 1. The highest BCUT2D eigenvalue weighted by Gasteiger charge is 2.34. The number of carboxylic acid groups (broad SMARTS) is 1. The lowest BCUT2D eigenvalue weighted by molar-refractivity contribution is -0.141. The molecule has 1 saturated heterocycles. The molecule has 1 aliphatic rings. The first-order valence-corrected chi connectivity index (χ1v) is 5.52. The van der Waals surface area contributed by atoms with Crippen molar-refractivity contribution in [2.45, 2.75) is 12.5 Å². The number of hydrogen-bond acceptors (Lipinski definition) is 3. The molecule has 0 spiro atoms. The zero-order chi connectivity index (χ0) is 13.3. The second kappa shape index (κ2) is 4.89. The molecule has 2 N–H and O–H groups in total. The third kappa shape index (κ3) is 2.15. The van der Waals surface area contributed by atoms with Gasteiger partial charge in [-0.2, -0.15) is 0 Å². The van der Waals surface area contributed by atoms with Crippen molar-refractivity contribution in [2.75, 3.05) is 13.7 Å². The number of rotatable bonds is 3. The van der Waals surface area contributed by atoms with Crippen LogP contribution in [0.2, 0.25) is 0 Å². The molecule has 0 amide bonds. The average Bonchev–Trinajstić information content (AvgIpc) is 2.79. The number of carboxylic acids is 1. The maximum Gasteiger partial charge on any atom is 0.307 e. The summed E-state index contributed by atoms with van der Waals surface area (Å²) < 4.78 is 32.4. The van der Waals surface area contributed by atoms with Crippen LogP contribution in [0, 0.1) is 17.6 Å². The lowest BCUT2D eigenvalue weighted by Crippen LogP contribution is -2.18. The van der Waals surface area contributed by atoms with Gasteiger partial charge in [-0.05, 0) is 18.6 Å². The fraction of sp³-hybridized carbons (Fsp3) is 0.417. The van der Waals surface area contributed by atoms with Gasteiger partial charge in [-0.1, -0.05) is 0 Å². The number of carbonyl (C=O) groups is 1. The van der Waals surface area contributed by atoms with E-state index in [-0.39, 0.29) is 24.3 Å². The molecule has 6 heteroatoms. The van der Waals surface area contributed by atoms with E-state index in [1.165, 1.54) is 13.2 Å². The van der Waals surface area contributed by atoms with Gasteiger partial charge in [0.15, 0.2) is 11.6 Å². The predicted molar refractivity (Wildman–Crippen MR) is 59.4 cm³/mol. The van der Waals surface area contributed by atoms with Crippen LogP contribution in [0.5, 0.6) is 5.75 Å². The first-order valence-electron chi connectivity index (χ1n) is 5.52. The number of methoxy groups -OCH3 is 1. The average molecular weight is 257 g/mol. The Kier molecular flexibility index (Phi) is 3.47. The van der Waals surface area contributed by atoms with Crippen molar-refractivity contribution < 1.29 is 23.4 Å². The highest BCUT2D eigenvalue weighted by Crippen LogP contribution is 2.34. The van der Waals surface area contributed by atoms with Crippen LogP contribution in [0.1, 0.15) is 18.0 Å². The molecule has 18 heavy (non-hydrogen) atoms. The Morgan fingerprint density at radius 2 is 2.22 bits per heavy atom. The van der Waals surface area contributed by atoms with Gasteiger partial charge in [-0.15, -0.1) is 0 Å². The Morgan fingerprint density at radius 1 is 1.50 bits per heavy atom. The lowest BCUT2D eigenvalue weighted by atomic mass is 9.99. The summed E-state index contributed by atoms with van der Waals surface area (Å²) in [6.45, 7) is 0.204. The lowest BCUT2D eigenvalue weighted by Gasteiger charge is -2.14. The number of halogens is 2. The standard InChI is InChI=1S/C12H13F2NO3/c1-18-9-3-2-7(13)10(11(9)14)8-4-6(5-15-8)12(16)17/h2-3,6,8,15H,4-5H2,1H3,(H,16,17). The van der Waals surface area contributed by atoms with Crippen molar-refractivity contribution in [3.63, 3.8) is 0 Å². The summed E-state index contributed by atoms with van der Waals surface area (Å²) in [5.41, 5.74) is -0.155. The number of aliphatic carboxylic acids is 1. The highest BCUT2D eigenvalue weighted by molar-refractivity contribution is 5.70. The van der Waals surface area contributed by atoms with Gasteiger partial charge in [0.25, 0.3) is 0 Å². The summed E-state index contributed by atoms with van der Waals surface area (Å²) in [5.74, 6) is -3.11. The molecule has 1 fully saturated rings. The highest BCUT2D eigenvalue weighted by atomic mass is 19.1. The minimum absolute atomic E-state index is 0.0491. The second-order valence-electron chi connectivity index (χ2n) is 4.21. The molecule has 0 bridgehead atoms. The summed E-state index contributed by atoms with van der Waals surface area (Å²) in [7, 11) is 1.29. The Balaban J connectivity index is 2.32. The fourth-order valence-corrected chi connectivity index (χ4v) is 2.17. The van der Waals surface area contributed by atoms with Crippen LogP contribution in [0.3, 0.4) is 0 Å². The number of benzene rings is 1. The molecule has 2 rings (SSSR count). The SMILES string of the molecule is COc1ccc(F)c(C2CC(C(=O)O)CN2)c1F. The normalized spacial score (nSPS) is 23.1. The van der Waals surface area contributed by atoms with Crippen molar-refractivity contribution in [1.82, 2.24) is 5.32 Å². The van der Waals surface area contributed by atoms with Gasteiger partial charge in [-0.25, -0.2) is 8.78 Å². The van der Waals surface area contributed by atoms with Gasteiger partial charge in [0, 0.05) is 18.2 Å². The summed E-state index contributed by atoms with van der Waals surface area (Å²) >= 11 is 0. The van der Waals surface area contributed by atoms with E-state index >= 15 is 0 Å². The Morgan fingerprint density at radius 3 is 2.78 bits per heavy atom. The minimum atomic E-state index is -0.964. The van der Waals surface area contributed by atoms with Gasteiger partial charge in [0.05, 0.1) is 13.0 Å². The first kappa shape index (κ1) is 12.8. The van der Waals surface area contributed by atoms with E-state index in [4.69, 9.17) is 9.84 Å². The quantitative estimate of drug-likeness (QED) is 0.865. The third-order valence-electron chi connectivity index (χ3n) is 3.14. The minimum Gasteiger partial charge on any atom is -0.494 e. The van der Waals surface area contributed by atoms with Crippen molar-refractivity contribution in [2.24, 2.45) is 5.92 Å². The zero-order valence-corrected chi connectivity index (χ0v) is 9.74. The number of nitrogens with one attached hydrogen (secondary N) is 1. The van der Waals surface area contributed by atoms with Gasteiger partial charge >= 0.3 is 5.97 Å². The summed E-state index contributed by atoms with van der Waals surface area (Å²) in [5, 5.41) is 11.7. The van der Waals surface area contributed by atoms with E-state index in [9.17, 15) is 13.6 Å². The molecule has 98 valence electrons. The summed E-state index contributed by atoms with van der Waals surface area (Å²) in [6, 6.07) is 1.69. The Hall–Kier alpha value is -1.69. The molecular formula is C12H13F2NO3. The molecule has 2 unspecified atom stereocenters. The van der Waals surface area contributed by atoms with E-state index in [0.717, 1.165) is 6.07 Å². The smallest absolute Gasteiger partial charge is 0.307 e. The Bertz CT molecular complexity index is 479. The van der Waals surface area contributed by atoms with Crippen LogP contribution < -0.4 is 10.1 Å². The van der Waals surface area contributed by atoms with Crippen LogP contribution in [0.4, 0.5) is 8.78 Å². The molecule has 0 aromatic heterocycles. The summed E-state index contributed by atoms with van der Waals surface area (Å²) in [6.07, 6.45) is 0.163. The van der Waals surface area contributed by atoms with Gasteiger partial charge in [-0.3, -0.25) is 4.79 Å². The molecule has 0 saturated carbocycles. The second-order valence-corrected chi connectivity index (χ2v) is 4.21. The molecule has 2 atom stereocenters. The molecule has 1 aromatic carbocycles. The van der Waals surface area contributed by atoms with E-state index in [0.29, 0.717) is 0 Å². The van der Waals surface area contributed by atoms with Crippen molar-refractivity contribution in [3.8, 4) is 5.75 Å². The van der Waals surface area contributed by atoms with E-state index in [2.05, 4.69) is 5.32 Å². The zero-order valence-electron chi connectivity index (χ0n) is 9.74. The van der Waals surface area contributed by atoms with E-state index in [1.54, 1.807) is 0 Å². The maximum absolute atomic E-state index is 14.0. The molecule has 1 aliphatic heterocycles. The van der Waals surface area contributed by atoms with Crippen LogP contribution >= 0.6 is 0 Å². The number of hydrogen-bond donors (Lipinski definition) is 2. The molecule has 0 aliphatic carbocycles. The molecule has 4 nitrogen and oxygen atoms in total. The van der Waals surface area contributed by atoms with E-state index in [1.807, 2.05) is 0 Å². The fourth-order valence-electron chi connectivity index (χ4n) is 2.17. The van der Waals surface area contributed by atoms with Crippen LogP contribution in [0.25, 0.3) is 0 Å². The Labute approximate surface area is 103 Å². The summed E-state index contributed by atoms with van der Waals surface area (Å²) in [4.78, 5) is 10.8. The van der Waals surface area contributed by atoms with Crippen molar-refractivity contribution in [1.29, 1.82) is 0 Å². The van der Waals surface area contributed by atoms with Gasteiger partial charge in [0.1, 0.15) is 5.82 Å². The maximum atomic E-state index is 14.0. The topological polar surface area (TPSA) is 58.6 Å². The van der Waals surface area contributed by atoms with Crippen molar-refractivity contribution in [3.05, 3.63) is 29.3 Å². The predicted octanol–water partition coefficient (Wildman–Crippen LogP) is 1.71. The van der Waals surface area contributed by atoms with Crippen molar-refractivity contribution >= 4 is 5.97 Å². The first-order chi connectivity index (χ1) is 8.54. The third-order valence-corrected chi connectivity index (χ3v) is 3.14. The molecule has 1 heterocycles. The molecular weight excluding hydrogens is 244 g/mol. The van der Waals surface area contributed by atoms with Crippen LogP contribution in [-0.2, 0) is 4.79 Å². The van der Waals surface area contributed by atoms with Crippen LogP contribution in [-0.4, -0.2) is 24.7 Å². The molecule has 1 aromatic rings. The van der Waals surface area contributed by atoms with Gasteiger partial charge < -0.3 is 15.2 Å². The monoisotopic (exact) mass is 257 g/mol. The van der Waals surface area contributed by atoms with Crippen LogP contribution in [0.15, 0.2) is 12.1 Å². The van der Waals surface area contributed by atoms with E-state index < -0.39 is 29.6 Å². The molecule has 0 radical (unpaired) electrons. The van der Waals surface area contributed by atoms with Gasteiger partial charge in [0.2, 0.25) is 0 Å². The largest absolute Gasteiger partial charge is 0.494 e.